The number of carbonyl (C=O) groups is 1. The number of amides is 1. The first kappa shape index (κ1) is 15.1. The van der Waals surface area contributed by atoms with E-state index in [1.54, 1.807) is 0 Å². The molecule has 0 unspecified atom stereocenters. The van der Waals surface area contributed by atoms with E-state index >= 15 is 0 Å². The third-order valence-electron chi connectivity index (χ3n) is 6.29. The molecule has 0 aromatic carbocycles. The number of piperidine rings is 1. The highest BCUT2D eigenvalue weighted by Crippen LogP contribution is 2.50. The second-order valence-corrected chi connectivity index (χ2v) is 8.70. The molecule has 1 atom stereocenters. The molecule has 1 aliphatic heterocycles. The van der Waals surface area contributed by atoms with E-state index in [4.69, 9.17) is 12.2 Å². The van der Waals surface area contributed by atoms with Crippen LogP contribution < -0.4 is 0 Å². The van der Waals surface area contributed by atoms with Crippen LogP contribution in [-0.2, 0) is 4.79 Å². The van der Waals surface area contributed by atoms with Crippen molar-refractivity contribution in [3.63, 3.8) is 0 Å². The lowest BCUT2D eigenvalue weighted by Gasteiger charge is -2.35. The lowest BCUT2D eigenvalue weighted by Crippen LogP contribution is -2.44. The van der Waals surface area contributed by atoms with E-state index in [2.05, 4.69) is 19.7 Å². The average molecular weight is 347 g/mol. The molecule has 3 aliphatic carbocycles. The Morgan fingerprint density at radius 2 is 1.83 bits per heavy atom. The Hall–Kier alpha value is -1.17. The molecule has 1 N–H and O–H groups in total. The van der Waals surface area contributed by atoms with Crippen LogP contribution >= 0.6 is 12.2 Å². The smallest absolute Gasteiger partial charge is 0.226 e. The Morgan fingerprint density at radius 3 is 2.46 bits per heavy atom. The maximum Gasteiger partial charge on any atom is 0.226 e. The molecule has 0 radical (unpaired) electrons. The second kappa shape index (κ2) is 5.68. The quantitative estimate of drug-likeness (QED) is 0.831. The van der Waals surface area contributed by atoms with Crippen molar-refractivity contribution >= 4 is 18.1 Å². The molecule has 3 saturated carbocycles. The van der Waals surface area contributed by atoms with Crippen LogP contribution in [-0.4, -0.2) is 38.7 Å². The summed E-state index contributed by atoms with van der Waals surface area (Å²) in [5, 5.41) is 7.53. The summed E-state index contributed by atoms with van der Waals surface area (Å²) >= 11 is 5.43. The van der Waals surface area contributed by atoms with Gasteiger partial charge in [0.1, 0.15) is 5.82 Å². The summed E-state index contributed by atoms with van der Waals surface area (Å²) in [6.45, 7) is 1.76. The third-order valence-corrected chi connectivity index (χ3v) is 6.57. The molecule has 5 nitrogen and oxygen atoms in total. The molecule has 5 rings (SSSR count). The molecule has 1 aromatic heterocycles. The number of nitrogens with one attached hydrogen (secondary N) is 1. The summed E-state index contributed by atoms with van der Waals surface area (Å²) in [7, 11) is 0. The highest BCUT2D eigenvalue weighted by atomic mass is 32.1. The van der Waals surface area contributed by atoms with Gasteiger partial charge in [-0.25, -0.2) is 0 Å². The van der Waals surface area contributed by atoms with Gasteiger partial charge in [-0.2, -0.15) is 5.10 Å². The van der Waals surface area contributed by atoms with Gasteiger partial charge >= 0.3 is 0 Å². The first-order valence-corrected chi connectivity index (χ1v) is 10.1. The van der Waals surface area contributed by atoms with Crippen LogP contribution in [0.1, 0.15) is 69.2 Å². The lowest BCUT2D eigenvalue weighted by molar-refractivity contribution is -0.138. The average Bonchev–Trinajstić information content (AvgIpc) is 3.44. The predicted octanol–water partition coefficient (Wildman–Crippen LogP) is 3.42. The van der Waals surface area contributed by atoms with Gasteiger partial charge in [-0.3, -0.25) is 9.89 Å². The van der Waals surface area contributed by atoms with Crippen molar-refractivity contribution < 1.29 is 4.79 Å². The molecule has 2 heterocycles. The molecule has 4 aliphatic rings. The molecule has 1 saturated heterocycles. The van der Waals surface area contributed by atoms with Crippen LogP contribution in [0.2, 0.25) is 0 Å². The fourth-order valence-corrected chi connectivity index (χ4v) is 4.88. The van der Waals surface area contributed by atoms with E-state index in [1.807, 2.05) is 0 Å². The fraction of sp³-hybridized carbons (Fsp3) is 0.833. The van der Waals surface area contributed by atoms with E-state index in [9.17, 15) is 4.79 Å². The van der Waals surface area contributed by atoms with Crippen molar-refractivity contribution in [1.82, 2.24) is 19.7 Å². The normalized spacial score (nSPS) is 27.7. The molecule has 1 aromatic rings. The van der Waals surface area contributed by atoms with Gasteiger partial charge < -0.3 is 9.47 Å². The van der Waals surface area contributed by atoms with Gasteiger partial charge in [0, 0.05) is 31.0 Å². The number of H-pyrrole nitrogens is 1. The largest absolute Gasteiger partial charge is 0.342 e. The first-order valence-electron chi connectivity index (χ1n) is 9.68. The van der Waals surface area contributed by atoms with Crippen LogP contribution in [0, 0.1) is 22.5 Å². The molecular formula is C18H26N4OS. The van der Waals surface area contributed by atoms with E-state index < -0.39 is 0 Å². The molecule has 0 bridgehead atoms. The van der Waals surface area contributed by atoms with Crippen molar-refractivity contribution in [2.75, 3.05) is 13.1 Å². The molecule has 24 heavy (non-hydrogen) atoms. The van der Waals surface area contributed by atoms with Crippen LogP contribution in [0.5, 0.6) is 0 Å². The van der Waals surface area contributed by atoms with Crippen LogP contribution in [0.3, 0.4) is 0 Å². The molecular weight excluding hydrogens is 320 g/mol. The molecule has 1 amide bonds. The van der Waals surface area contributed by atoms with Crippen molar-refractivity contribution in [1.29, 1.82) is 0 Å². The highest BCUT2D eigenvalue weighted by Gasteiger charge is 2.47. The van der Waals surface area contributed by atoms with E-state index in [0.29, 0.717) is 35.6 Å². The van der Waals surface area contributed by atoms with Gasteiger partial charge in [0.25, 0.3) is 0 Å². The number of nitrogens with zero attached hydrogens (tertiary/aromatic N) is 3. The van der Waals surface area contributed by atoms with Crippen LogP contribution in [0.15, 0.2) is 0 Å². The summed E-state index contributed by atoms with van der Waals surface area (Å²) in [5.74, 6) is 3.58. The maximum atomic E-state index is 13.1. The maximum absolute atomic E-state index is 13.1. The zero-order valence-electron chi connectivity index (χ0n) is 14.1. The minimum Gasteiger partial charge on any atom is -0.342 e. The zero-order valence-corrected chi connectivity index (χ0v) is 14.9. The van der Waals surface area contributed by atoms with Crippen LogP contribution in [0.25, 0.3) is 0 Å². The van der Waals surface area contributed by atoms with Gasteiger partial charge in [-0.15, -0.1) is 0 Å². The standard InChI is InChI=1S/C18H26N4OS/c23-17(15(11-3-4-11)12-5-6-12)21-9-1-2-13(10-21)16-19-20-18(24)22(16)14-7-8-14/h11-15H,1-10H2,(H,20,24)/t13-/m1/s1. The summed E-state index contributed by atoms with van der Waals surface area (Å²) in [6, 6.07) is 0.544. The predicted molar refractivity (Wildman–Crippen MR) is 93.2 cm³/mol. The lowest BCUT2D eigenvalue weighted by atomic mass is 9.92. The minimum atomic E-state index is 0.327. The first-order chi connectivity index (χ1) is 11.7. The summed E-state index contributed by atoms with van der Waals surface area (Å²) in [5.41, 5.74) is 0. The Bertz CT molecular complexity index is 686. The SMILES string of the molecule is O=C(C(C1CC1)C1CC1)N1CCC[C@@H](c2n[nH]c(=S)n2C2CC2)C1. The topological polar surface area (TPSA) is 53.9 Å². The van der Waals surface area contributed by atoms with E-state index in [0.717, 1.165) is 36.5 Å². The minimum absolute atomic E-state index is 0.327. The number of hydrogen-bond acceptors (Lipinski definition) is 3. The number of rotatable bonds is 5. The van der Waals surface area contributed by atoms with Crippen molar-refractivity contribution in [3.8, 4) is 0 Å². The number of likely N-dealkylation sites (tertiary alicyclic amines) is 1. The van der Waals surface area contributed by atoms with Gasteiger partial charge in [0.15, 0.2) is 4.77 Å². The van der Waals surface area contributed by atoms with Crippen LogP contribution in [0.4, 0.5) is 0 Å². The third kappa shape index (κ3) is 2.72. The Balaban J connectivity index is 1.34. The fourth-order valence-electron chi connectivity index (χ4n) is 4.59. The number of aromatic amines is 1. The number of hydrogen-bond donors (Lipinski definition) is 1. The number of aromatic nitrogens is 3. The molecule has 4 fully saturated rings. The van der Waals surface area contributed by atoms with Crippen molar-refractivity contribution in [2.24, 2.45) is 17.8 Å². The van der Waals surface area contributed by atoms with Gasteiger partial charge in [0.05, 0.1) is 0 Å². The zero-order chi connectivity index (χ0) is 16.3. The summed E-state index contributed by atoms with van der Waals surface area (Å²) in [4.78, 5) is 15.3. The summed E-state index contributed by atoms with van der Waals surface area (Å²) < 4.78 is 2.98. The Labute approximate surface area is 147 Å². The van der Waals surface area contributed by atoms with Gasteiger partial charge in [-0.1, -0.05) is 0 Å². The monoisotopic (exact) mass is 346 g/mol. The Morgan fingerprint density at radius 1 is 1.12 bits per heavy atom. The molecule has 130 valence electrons. The van der Waals surface area contributed by atoms with Crippen molar-refractivity contribution in [3.05, 3.63) is 10.6 Å². The Kier molecular flexibility index (Phi) is 3.58. The van der Waals surface area contributed by atoms with Gasteiger partial charge in [-0.05, 0) is 75.4 Å². The van der Waals surface area contributed by atoms with Gasteiger partial charge in [0.2, 0.25) is 5.91 Å². The van der Waals surface area contributed by atoms with E-state index in [1.165, 1.54) is 38.5 Å². The van der Waals surface area contributed by atoms with Crippen molar-refractivity contribution in [2.45, 2.75) is 63.3 Å². The second-order valence-electron chi connectivity index (χ2n) is 8.31. The molecule has 6 heteroatoms. The van der Waals surface area contributed by atoms with E-state index in [-0.39, 0.29) is 0 Å². The summed E-state index contributed by atoms with van der Waals surface area (Å²) in [6.07, 6.45) is 9.70. The highest BCUT2D eigenvalue weighted by molar-refractivity contribution is 7.71. The molecule has 0 spiro atoms. The number of carbonyl (C=O) groups excluding carboxylic acids is 1.